The van der Waals surface area contributed by atoms with Gasteiger partial charge in [0.25, 0.3) is 0 Å². The molecule has 2 rings (SSSR count). The van der Waals surface area contributed by atoms with Crippen molar-refractivity contribution in [2.75, 3.05) is 5.32 Å². The number of carbonyl (C=O) groups excluding carboxylic acids is 1. The van der Waals surface area contributed by atoms with Crippen LogP contribution < -0.4 is 5.32 Å². The van der Waals surface area contributed by atoms with Crippen molar-refractivity contribution in [1.29, 1.82) is 0 Å². The van der Waals surface area contributed by atoms with Gasteiger partial charge >= 0.3 is 5.97 Å². The summed E-state index contributed by atoms with van der Waals surface area (Å²) in [5.74, 6) is -2.09. The smallest absolute Gasteiger partial charge is 0.307 e. The molecule has 1 saturated carbocycles. The average molecular weight is 263 g/mol. The Hall–Kier alpha value is -2.04. The zero-order chi connectivity index (χ0) is 13.8. The van der Waals surface area contributed by atoms with Gasteiger partial charge in [-0.05, 0) is 37.1 Å². The van der Waals surface area contributed by atoms with Crippen molar-refractivity contribution >= 4 is 17.6 Å². The lowest BCUT2D eigenvalue weighted by atomic mass is 9.78. The first-order chi connectivity index (χ1) is 9.08. The molecule has 1 aliphatic rings. The predicted molar refractivity (Wildman–Crippen MR) is 69.8 cm³/mol. The number of carboxylic acid groups (broad SMARTS) is 1. The fourth-order valence-corrected chi connectivity index (χ4v) is 2.52. The van der Waals surface area contributed by atoms with Gasteiger partial charge in [-0.15, -0.1) is 0 Å². The molecule has 0 radical (unpaired) electrons. The maximum atomic E-state index is 12.1. The molecule has 102 valence electrons. The number of phenols is 1. The SMILES string of the molecule is O=C(O)C1CCCCC1C(=O)Nc1ccc(O)cc1. The standard InChI is InChI=1S/C14H17NO4/c16-10-7-5-9(6-8-10)15-13(17)11-3-1-2-4-12(11)14(18)19/h5-8,11-12,16H,1-4H2,(H,15,17)(H,18,19). The summed E-state index contributed by atoms with van der Waals surface area (Å²) in [5.41, 5.74) is 0.567. The molecule has 0 heterocycles. The van der Waals surface area contributed by atoms with Crippen molar-refractivity contribution in [3.63, 3.8) is 0 Å². The minimum Gasteiger partial charge on any atom is -0.508 e. The third-order valence-corrected chi connectivity index (χ3v) is 3.55. The summed E-state index contributed by atoms with van der Waals surface area (Å²) >= 11 is 0. The van der Waals surface area contributed by atoms with Crippen LogP contribution in [0, 0.1) is 11.8 Å². The Balaban J connectivity index is 2.05. The quantitative estimate of drug-likeness (QED) is 0.730. The summed E-state index contributed by atoms with van der Waals surface area (Å²) in [6.07, 6.45) is 2.92. The molecule has 0 spiro atoms. The molecule has 1 aromatic carbocycles. The number of benzene rings is 1. The van der Waals surface area contributed by atoms with E-state index in [9.17, 15) is 9.59 Å². The minimum absolute atomic E-state index is 0.124. The molecule has 0 saturated heterocycles. The third-order valence-electron chi connectivity index (χ3n) is 3.55. The normalized spacial score (nSPS) is 22.7. The van der Waals surface area contributed by atoms with Crippen LogP contribution >= 0.6 is 0 Å². The van der Waals surface area contributed by atoms with E-state index in [2.05, 4.69) is 5.32 Å². The number of phenolic OH excluding ortho intramolecular Hbond substituents is 1. The van der Waals surface area contributed by atoms with Crippen molar-refractivity contribution in [2.45, 2.75) is 25.7 Å². The van der Waals surface area contributed by atoms with Crippen molar-refractivity contribution in [3.05, 3.63) is 24.3 Å². The van der Waals surface area contributed by atoms with Crippen LogP contribution in [-0.4, -0.2) is 22.1 Å². The van der Waals surface area contributed by atoms with Crippen LogP contribution in [0.4, 0.5) is 5.69 Å². The van der Waals surface area contributed by atoms with Crippen molar-refractivity contribution in [2.24, 2.45) is 11.8 Å². The van der Waals surface area contributed by atoms with Gasteiger partial charge in [0.05, 0.1) is 11.8 Å². The molecule has 1 aliphatic carbocycles. The zero-order valence-corrected chi connectivity index (χ0v) is 10.5. The van der Waals surface area contributed by atoms with E-state index in [1.54, 1.807) is 12.1 Å². The molecule has 5 heteroatoms. The monoisotopic (exact) mass is 263 g/mol. The van der Waals surface area contributed by atoms with E-state index in [1.165, 1.54) is 12.1 Å². The molecule has 3 N–H and O–H groups in total. The van der Waals surface area contributed by atoms with E-state index in [-0.39, 0.29) is 11.7 Å². The van der Waals surface area contributed by atoms with Crippen LogP contribution in [-0.2, 0) is 9.59 Å². The predicted octanol–water partition coefficient (Wildman–Crippen LogP) is 2.22. The number of hydrogen-bond acceptors (Lipinski definition) is 3. The fraction of sp³-hybridized carbons (Fsp3) is 0.429. The lowest BCUT2D eigenvalue weighted by molar-refractivity contribution is -0.147. The highest BCUT2D eigenvalue weighted by Gasteiger charge is 2.35. The van der Waals surface area contributed by atoms with Crippen molar-refractivity contribution in [3.8, 4) is 5.75 Å². The molecule has 1 amide bonds. The van der Waals surface area contributed by atoms with Gasteiger partial charge in [0.1, 0.15) is 5.75 Å². The molecule has 0 aliphatic heterocycles. The molecular weight excluding hydrogens is 246 g/mol. The van der Waals surface area contributed by atoms with Gasteiger partial charge in [0, 0.05) is 5.69 Å². The van der Waals surface area contributed by atoms with E-state index < -0.39 is 17.8 Å². The van der Waals surface area contributed by atoms with Crippen LogP contribution in [0.25, 0.3) is 0 Å². The Morgan fingerprint density at radius 2 is 1.63 bits per heavy atom. The Labute approximate surface area is 111 Å². The Morgan fingerprint density at radius 1 is 1.05 bits per heavy atom. The number of nitrogens with one attached hydrogen (secondary N) is 1. The molecule has 19 heavy (non-hydrogen) atoms. The van der Waals surface area contributed by atoms with Crippen LogP contribution in [0.3, 0.4) is 0 Å². The number of amides is 1. The summed E-state index contributed by atoms with van der Waals surface area (Å²) in [6.45, 7) is 0. The second-order valence-corrected chi connectivity index (χ2v) is 4.87. The lowest BCUT2D eigenvalue weighted by Gasteiger charge is -2.27. The molecule has 2 atom stereocenters. The highest BCUT2D eigenvalue weighted by Crippen LogP contribution is 2.31. The number of aromatic hydroxyl groups is 1. The average Bonchev–Trinajstić information content (AvgIpc) is 2.41. The lowest BCUT2D eigenvalue weighted by Crippen LogP contribution is -2.36. The molecule has 0 bridgehead atoms. The molecule has 1 fully saturated rings. The number of anilines is 1. The van der Waals surface area contributed by atoms with Gasteiger partial charge in [0.15, 0.2) is 0 Å². The van der Waals surface area contributed by atoms with Gasteiger partial charge in [-0.2, -0.15) is 0 Å². The van der Waals surface area contributed by atoms with Crippen LogP contribution in [0.1, 0.15) is 25.7 Å². The fourth-order valence-electron chi connectivity index (χ4n) is 2.52. The maximum Gasteiger partial charge on any atom is 0.307 e. The second kappa shape index (κ2) is 5.73. The number of carbonyl (C=O) groups is 2. The van der Waals surface area contributed by atoms with E-state index in [1.807, 2.05) is 0 Å². The molecule has 0 aromatic heterocycles. The maximum absolute atomic E-state index is 12.1. The van der Waals surface area contributed by atoms with Gasteiger partial charge in [-0.1, -0.05) is 12.8 Å². The van der Waals surface area contributed by atoms with Gasteiger partial charge in [-0.25, -0.2) is 0 Å². The summed E-state index contributed by atoms with van der Waals surface area (Å²) in [7, 11) is 0. The van der Waals surface area contributed by atoms with Crippen LogP contribution in [0.15, 0.2) is 24.3 Å². The first kappa shape index (κ1) is 13.4. The minimum atomic E-state index is -0.898. The van der Waals surface area contributed by atoms with Crippen molar-refractivity contribution < 1.29 is 19.8 Å². The largest absolute Gasteiger partial charge is 0.508 e. The topological polar surface area (TPSA) is 86.6 Å². The summed E-state index contributed by atoms with van der Waals surface area (Å²) in [4.78, 5) is 23.3. The zero-order valence-electron chi connectivity index (χ0n) is 10.5. The van der Waals surface area contributed by atoms with Crippen LogP contribution in [0.2, 0.25) is 0 Å². The number of carboxylic acids is 1. The van der Waals surface area contributed by atoms with Gasteiger partial charge in [0.2, 0.25) is 5.91 Å². The van der Waals surface area contributed by atoms with E-state index in [0.717, 1.165) is 12.8 Å². The Bertz CT molecular complexity index is 469. The summed E-state index contributed by atoms with van der Waals surface area (Å²) in [6, 6.07) is 6.13. The first-order valence-electron chi connectivity index (χ1n) is 6.40. The Kier molecular flexibility index (Phi) is 4.04. The molecule has 2 unspecified atom stereocenters. The molecular formula is C14H17NO4. The van der Waals surface area contributed by atoms with E-state index in [0.29, 0.717) is 18.5 Å². The van der Waals surface area contributed by atoms with E-state index >= 15 is 0 Å². The summed E-state index contributed by atoms with van der Waals surface area (Å²) in [5, 5.41) is 21.0. The molecule has 1 aromatic rings. The molecule has 5 nitrogen and oxygen atoms in total. The number of rotatable bonds is 3. The third kappa shape index (κ3) is 3.24. The number of aliphatic carboxylic acids is 1. The second-order valence-electron chi connectivity index (χ2n) is 4.87. The van der Waals surface area contributed by atoms with Crippen molar-refractivity contribution in [1.82, 2.24) is 0 Å². The van der Waals surface area contributed by atoms with E-state index in [4.69, 9.17) is 10.2 Å². The van der Waals surface area contributed by atoms with Gasteiger partial charge < -0.3 is 15.5 Å². The highest BCUT2D eigenvalue weighted by atomic mass is 16.4. The summed E-state index contributed by atoms with van der Waals surface area (Å²) < 4.78 is 0. The Morgan fingerprint density at radius 3 is 2.21 bits per heavy atom. The first-order valence-corrected chi connectivity index (χ1v) is 6.40. The van der Waals surface area contributed by atoms with Gasteiger partial charge in [-0.3, -0.25) is 9.59 Å². The highest BCUT2D eigenvalue weighted by molar-refractivity contribution is 5.95. The number of hydrogen-bond donors (Lipinski definition) is 3. The van der Waals surface area contributed by atoms with Crippen LogP contribution in [0.5, 0.6) is 5.75 Å².